The summed E-state index contributed by atoms with van der Waals surface area (Å²) >= 11 is 0. The predicted molar refractivity (Wildman–Crippen MR) is 192 cm³/mol. The summed E-state index contributed by atoms with van der Waals surface area (Å²) in [6, 6.07) is 18.6. The van der Waals surface area contributed by atoms with E-state index in [4.69, 9.17) is 18.9 Å². The highest BCUT2D eigenvalue weighted by atomic mass is 16.6. The Morgan fingerprint density at radius 2 is 1.77 bits per heavy atom. The highest BCUT2D eigenvalue weighted by Crippen LogP contribution is 2.64. The normalized spacial score (nSPS) is 26.5. The fourth-order valence-corrected chi connectivity index (χ4v) is 10.1. The number of ether oxygens (including phenoxy) is 4. The molecule has 5 atom stereocenters. The number of fused-ring (bicyclic) bond motifs is 6. The number of amides is 1. The molecule has 4 aromatic rings. The van der Waals surface area contributed by atoms with Gasteiger partial charge in [0.2, 0.25) is 0 Å². The zero-order chi connectivity index (χ0) is 36.2. The van der Waals surface area contributed by atoms with E-state index in [9.17, 15) is 24.9 Å². The van der Waals surface area contributed by atoms with Crippen LogP contribution in [-0.2, 0) is 27.0 Å². The topological polar surface area (TPSA) is 159 Å². The molecule has 1 saturated heterocycles. The van der Waals surface area contributed by atoms with Crippen LogP contribution in [0.1, 0.15) is 57.4 Å². The number of benzene rings is 4. The number of nitrogens with zero attached hydrogens (tertiary/aromatic N) is 2. The van der Waals surface area contributed by atoms with Crippen LogP contribution in [0.4, 0.5) is 5.69 Å². The number of nitrogens with one attached hydrogen (secondary N) is 1. The Bertz CT molecular complexity index is 2220. The van der Waals surface area contributed by atoms with Crippen LogP contribution in [0.15, 0.2) is 71.7 Å². The number of aliphatic hydroxyl groups is 1. The van der Waals surface area contributed by atoms with Crippen LogP contribution < -0.4 is 19.5 Å². The average molecular weight is 716 g/mol. The lowest BCUT2D eigenvalue weighted by atomic mass is 9.51. The summed E-state index contributed by atoms with van der Waals surface area (Å²) in [5.41, 5.74) is 3.11. The fraction of sp³-hybridized carbons (Fsp3) is 0.341. The summed E-state index contributed by atoms with van der Waals surface area (Å²) < 4.78 is 24.9. The number of aliphatic hydroxyl groups excluding tert-OH is 1. The number of hydrogen-bond acceptors (Lipinski definition) is 11. The lowest BCUT2D eigenvalue weighted by Crippen LogP contribution is -2.66. The zero-order valence-electron chi connectivity index (χ0n) is 28.9. The van der Waals surface area contributed by atoms with Crippen LogP contribution in [0.2, 0.25) is 0 Å². The molecule has 12 nitrogen and oxygen atoms in total. The SMILES string of the molecule is CN1CC[C@]23c4c5ccc(OCCN=CC(=O)Nc6ccc7c(c6)C(=O)OC76c7ccc(O)cc7Oc7cc(O)ccc76)c4O[C@H]2[C@@H](O)CC[C@H]3[C@H]1C5. The maximum atomic E-state index is 13.4. The van der Waals surface area contributed by atoms with E-state index < -0.39 is 23.6 Å². The van der Waals surface area contributed by atoms with Crippen LogP contribution in [0, 0.1) is 5.92 Å². The largest absolute Gasteiger partial charge is 0.508 e. The Morgan fingerprint density at radius 3 is 2.55 bits per heavy atom. The van der Waals surface area contributed by atoms with Gasteiger partial charge in [-0.3, -0.25) is 9.79 Å². The van der Waals surface area contributed by atoms with E-state index in [2.05, 4.69) is 28.3 Å². The molecule has 2 fully saturated rings. The van der Waals surface area contributed by atoms with Crippen LogP contribution in [-0.4, -0.2) is 83.3 Å². The number of aromatic hydroxyl groups is 2. The maximum Gasteiger partial charge on any atom is 0.340 e. The van der Waals surface area contributed by atoms with Gasteiger partial charge in [-0.2, -0.15) is 0 Å². The van der Waals surface area contributed by atoms with E-state index in [0.717, 1.165) is 38.0 Å². The molecule has 2 aliphatic carbocycles. The molecule has 4 N–H and O–H groups in total. The summed E-state index contributed by atoms with van der Waals surface area (Å²) in [6.07, 6.45) is 4.07. The Hall–Kier alpha value is -5.59. The number of likely N-dealkylation sites (N-methyl/N-ethyl adjacent to an activating group) is 1. The van der Waals surface area contributed by atoms with E-state index >= 15 is 0 Å². The summed E-state index contributed by atoms with van der Waals surface area (Å²) in [5, 5.41) is 34.2. The van der Waals surface area contributed by atoms with Gasteiger partial charge < -0.3 is 44.5 Å². The van der Waals surface area contributed by atoms with Crippen LogP contribution in [0.5, 0.6) is 34.5 Å². The minimum atomic E-state index is -1.39. The van der Waals surface area contributed by atoms with Crippen molar-refractivity contribution in [3.05, 3.63) is 100 Å². The number of likely N-dealkylation sites (tertiary alicyclic amines) is 1. The van der Waals surface area contributed by atoms with Gasteiger partial charge in [0.05, 0.1) is 24.4 Å². The molecular weight excluding hydrogens is 678 g/mol. The number of aliphatic imine (C=N–C) groups is 1. The third kappa shape index (κ3) is 4.51. The average Bonchev–Trinajstić information content (AvgIpc) is 3.63. The molecule has 4 aromatic carbocycles. The first-order valence-electron chi connectivity index (χ1n) is 18.0. The van der Waals surface area contributed by atoms with E-state index in [1.807, 2.05) is 6.07 Å². The van der Waals surface area contributed by atoms with E-state index in [1.165, 1.54) is 41.6 Å². The van der Waals surface area contributed by atoms with Crippen molar-refractivity contribution < 1.29 is 43.9 Å². The quantitative estimate of drug-likeness (QED) is 0.124. The minimum Gasteiger partial charge on any atom is -0.508 e. The van der Waals surface area contributed by atoms with Crippen molar-refractivity contribution >= 4 is 23.8 Å². The van der Waals surface area contributed by atoms with E-state index in [1.54, 1.807) is 30.3 Å². The second-order valence-electron chi connectivity index (χ2n) is 14.9. The number of esters is 1. The molecule has 1 saturated carbocycles. The second-order valence-corrected chi connectivity index (χ2v) is 14.9. The molecule has 10 rings (SSSR count). The van der Waals surface area contributed by atoms with Crippen molar-refractivity contribution in [2.24, 2.45) is 10.9 Å². The number of anilines is 1. The lowest BCUT2D eigenvalue weighted by Gasteiger charge is -2.58. The summed E-state index contributed by atoms with van der Waals surface area (Å²) in [4.78, 5) is 33.1. The molecule has 2 bridgehead atoms. The monoisotopic (exact) mass is 715 g/mol. The minimum absolute atomic E-state index is 0.0312. The molecule has 12 heteroatoms. The molecule has 4 aliphatic heterocycles. The predicted octanol–water partition coefficient (Wildman–Crippen LogP) is 4.78. The van der Waals surface area contributed by atoms with Crippen molar-refractivity contribution in [3.63, 3.8) is 0 Å². The van der Waals surface area contributed by atoms with Gasteiger partial charge in [-0.25, -0.2) is 4.79 Å². The van der Waals surface area contributed by atoms with E-state index in [0.29, 0.717) is 40.1 Å². The highest BCUT2D eigenvalue weighted by Gasteiger charge is 2.65. The molecule has 4 heterocycles. The fourth-order valence-electron chi connectivity index (χ4n) is 10.1. The molecule has 1 amide bonds. The van der Waals surface area contributed by atoms with Gasteiger partial charge >= 0.3 is 5.97 Å². The molecule has 0 unspecified atom stereocenters. The maximum absolute atomic E-state index is 13.4. The molecule has 53 heavy (non-hydrogen) atoms. The molecule has 2 spiro atoms. The third-order valence-corrected chi connectivity index (χ3v) is 12.3. The zero-order valence-corrected chi connectivity index (χ0v) is 28.9. The first-order valence-corrected chi connectivity index (χ1v) is 18.0. The van der Waals surface area contributed by atoms with Crippen molar-refractivity contribution in [2.45, 2.75) is 54.9 Å². The van der Waals surface area contributed by atoms with Gasteiger partial charge in [0.1, 0.15) is 35.7 Å². The standard InChI is InChI=1S/C41H37N3O9/c1-44-14-12-40-27-9-10-31(47)38(40)52-37-32(11-2-21(36(37)40)16-30(27)44)50-15-13-42-20-35(48)43-22-3-6-26-25(17-22)39(49)53-41(26)28-7-4-23(45)18-33(28)51-34-19-24(46)5-8-29(34)41/h2-8,11,17-20,27,30-31,38,45-47H,9-10,12-16H2,1H3,(H,43,48)/t27-,30+,31-,38-,40-/m0/s1. The number of carbonyl (C=O) groups excluding carboxylic acids is 2. The van der Waals surface area contributed by atoms with Crippen molar-refractivity contribution in [1.29, 1.82) is 0 Å². The van der Waals surface area contributed by atoms with Gasteiger partial charge in [0.25, 0.3) is 5.91 Å². The smallest absolute Gasteiger partial charge is 0.340 e. The summed E-state index contributed by atoms with van der Waals surface area (Å²) in [5.74, 6) is 1.26. The van der Waals surface area contributed by atoms with Crippen molar-refractivity contribution in [3.8, 4) is 34.5 Å². The summed E-state index contributed by atoms with van der Waals surface area (Å²) in [6.45, 7) is 1.42. The van der Waals surface area contributed by atoms with E-state index in [-0.39, 0.29) is 53.2 Å². The van der Waals surface area contributed by atoms with Crippen LogP contribution >= 0.6 is 0 Å². The Morgan fingerprint density at radius 1 is 1.02 bits per heavy atom. The van der Waals surface area contributed by atoms with Gasteiger partial charge in [0.15, 0.2) is 17.1 Å². The Balaban J connectivity index is 0.841. The lowest BCUT2D eigenvalue weighted by molar-refractivity contribution is -0.110. The first kappa shape index (κ1) is 32.1. The molecule has 0 radical (unpaired) electrons. The van der Waals surface area contributed by atoms with Crippen molar-refractivity contribution in [2.75, 3.05) is 32.1 Å². The Labute approximate surface area is 304 Å². The highest BCUT2D eigenvalue weighted by molar-refractivity contribution is 6.31. The molecular formula is C41H37N3O9. The van der Waals surface area contributed by atoms with Gasteiger partial charge in [-0.15, -0.1) is 0 Å². The molecule has 0 aromatic heterocycles. The van der Waals surface area contributed by atoms with Gasteiger partial charge in [0, 0.05) is 51.5 Å². The number of carbonyl (C=O) groups is 2. The number of phenols is 2. The number of hydrogen-bond donors (Lipinski definition) is 4. The Kier molecular flexibility index (Phi) is 6.93. The van der Waals surface area contributed by atoms with Crippen LogP contribution in [0.3, 0.4) is 0 Å². The second kappa shape index (κ2) is 11.5. The first-order chi connectivity index (χ1) is 25.7. The van der Waals surface area contributed by atoms with Crippen LogP contribution in [0.25, 0.3) is 0 Å². The van der Waals surface area contributed by atoms with Gasteiger partial charge in [-0.1, -0.05) is 12.1 Å². The van der Waals surface area contributed by atoms with Gasteiger partial charge in [-0.05, 0) is 93.2 Å². The molecule has 270 valence electrons. The summed E-state index contributed by atoms with van der Waals surface area (Å²) in [7, 11) is 2.21. The van der Waals surface area contributed by atoms with Crippen molar-refractivity contribution in [1.82, 2.24) is 4.90 Å². The molecule has 6 aliphatic rings. The third-order valence-electron chi connectivity index (χ3n) is 12.3. The number of piperidine rings is 1. The number of phenolic OH excluding ortho intramolecular Hbond substituents is 2. The number of rotatable bonds is 6.